The van der Waals surface area contributed by atoms with Crippen LogP contribution in [0.4, 0.5) is 0 Å². The van der Waals surface area contributed by atoms with E-state index >= 15 is 0 Å². The van der Waals surface area contributed by atoms with Crippen LogP contribution in [-0.2, 0) is 9.59 Å². The van der Waals surface area contributed by atoms with Crippen molar-refractivity contribution in [2.75, 3.05) is 53.4 Å². The molecule has 6 heteroatoms. The molecule has 0 radical (unpaired) electrons. The molecule has 0 aromatic heterocycles. The van der Waals surface area contributed by atoms with Gasteiger partial charge in [0.2, 0.25) is 5.91 Å². The number of amides is 1. The normalized spacial score (nSPS) is 17.8. The van der Waals surface area contributed by atoms with E-state index in [0.717, 1.165) is 26.1 Å². The lowest BCUT2D eigenvalue weighted by Gasteiger charge is -2.22. The molecule has 0 aromatic carbocycles. The predicted molar refractivity (Wildman–Crippen MR) is 68.4 cm³/mol. The molecule has 6 nitrogen and oxygen atoms in total. The Balaban J connectivity index is 2.36. The van der Waals surface area contributed by atoms with E-state index in [2.05, 4.69) is 0 Å². The van der Waals surface area contributed by atoms with Crippen LogP contribution in [-0.4, -0.2) is 85.0 Å². The van der Waals surface area contributed by atoms with Crippen molar-refractivity contribution in [2.24, 2.45) is 0 Å². The highest BCUT2D eigenvalue weighted by Gasteiger charge is 2.19. The highest BCUT2D eigenvalue weighted by molar-refractivity contribution is 5.76. The Morgan fingerprint density at radius 1 is 1.17 bits per heavy atom. The predicted octanol–water partition coefficient (Wildman–Crippen LogP) is -0.443. The molecule has 1 fully saturated rings. The fourth-order valence-electron chi connectivity index (χ4n) is 2.05. The largest absolute Gasteiger partial charge is 0.480 e. The molecule has 1 N–H and O–H groups in total. The van der Waals surface area contributed by atoms with E-state index in [4.69, 9.17) is 5.11 Å². The second-order valence-electron chi connectivity index (χ2n) is 4.96. The molecular formula is C12H23N3O3. The van der Waals surface area contributed by atoms with E-state index in [1.807, 2.05) is 28.8 Å². The Bertz CT molecular complexity index is 294. The molecular weight excluding hydrogens is 234 g/mol. The third-order valence-corrected chi connectivity index (χ3v) is 3.07. The van der Waals surface area contributed by atoms with E-state index in [-0.39, 0.29) is 12.5 Å². The molecule has 0 spiro atoms. The lowest BCUT2D eigenvalue weighted by Crippen LogP contribution is -2.37. The van der Waals surface area contributed by atoms with E-state index in [0.29, 0.717) is 19.5 Å². The monoisotopic (exact) mass is 257 g/mol. The highest BCUT2D eigenvalue weighted by Crippen LogP contribution is 2.05. The number of carbonyl (C=O) groups excluding carboxylic acids is 1. The lowest BCUT2D eigenvalue weighted by atomic mass is 10.3. The standard InChI is InChI=1S/C12H23N3O3/c1-13(2)7-4-11(16)15-6-3-5-14(8-9-15)10-12(17)18/h3-10H2,1-2H3,(H,17,18). The van der Waals surface area contributed by atoms with Crippen LogP contribution in [0.25, 0.3) is 0 Å². The Morgan fingerprint density at radius 2 is 1.89 bits per heavy atom. The number of aliphatic carboxylic acids is 1. The molecule has 0 atom stereocenters. The summed E-state index contributed by atoms with van der Waals surface area (Å²) in [6, 6.07) is 0. The van der Waals surface area contributed by atoms with Crippen molar-refractivity contribution in [1.29, 1.82) is 0 Å². The average molecular weight is 257 g/mol. The van der Waals surface area contributed by atoms with Crippen LogP contribution in [0.3, 0.4) is 0 Å². The number of rotatable bonds is 5. The minimum absolute atomic E-state index is 0.0692. The number of carbonyl (C=O) groups is 2. The van der Waals surface area contributed by atoms with Crippen LogP contribution < -0.4 is 0 Å². The maximum Gasteiger partial charge on any atom is 0.317 e. The van der Waals surface area contributed by atoms with Crippen LogP contribution in [0.2, 0.25) is 0 Å². The van der Waals surface area contributed by atoms with E-state index in [9.17, 15) is 9.59 Å². The van der Waals surface area contributed by atoms with Crippen molar-refractivity contribution < 1.29 is 14.7 Å². The summed E-state index contributed by atoms with van der Waals surface area (Å²) in [5.74, 6) is -0.636. The van der Waals surface area contributed by atoms with Gasteiger partial charge in [-0.3, -0.25) is 14.5 Å². The van der Waals surface area contributed by atoms with Gasteiger partial charge in [-0.05, 0) is 20.5 Å². The number of hydrogen-bond donors (Lipinski definition) is 1. The summed E-state index contributed by atoms with van der Waals surface area (Å²) in [6.07, 6.45) is 1.38. The van der Waals surface area contributed by atoms with Crippen molar-refractivity contribution in [3.8, 4) is 0 Å². The number of carboxylic acids is 1. The third kappa shape index (κ3) is 5.46. The van der Waals surface area contributed by atoms with Crippen LogP contribution in [0.1, 0.15) is 12.8 Å². The van der Waals surface area contributed by atoms with E-state index in [1.54, 1.807) is 0 Å². The summed E-state index contributed by atoms with van der Waals surface area (Å²) in [5.41, 5.74) is 0. The van der Waals surface area contributed by atoms with Gasteiger partial charge in [-0.15, -0.1) is 0 Å². The van der Waals surface area contributed by atoms with Crippen molar-refractivity contribution in [3.05, 3.63) is 0 Å². The summed E-state index contributed by atoms with van der Waals surface area (Å²) in [7, 11) is 3.90. The van der Waals surface area contributed by atoms with Crippen LogP contribution in [0.5, 0.6) is 0 Å². The van der Waals surface area contributed by atoms with Gasteiger partial charge in [-0.25, -0.2) is 0 Å². The van der Waals surface area contributed by atoms with Crippen molar-refractivity contribution in [3.63, 3.8) is 0 Å². The highest BCUT2D eigenvalue weighted by atomic mass is 16.4. The van der Waals surface area contributed by atoms with Gasteiger partial charge in [-0.1, -0.05) is 0 Å². The molecule has 1 rings (SSSR count). The molecule has 1 heterocycles. The summed E-state index contributed by atoms with van der Waals surface area (Å²) in [5, 5.41) is 8.75. The summed E-state index contributed by atoms with van der Waals surface area (Å²) in [4.78, 5) is 28.3. The first kappa shape index (κ1) is 14.9. The Morgan fingerprint density at radius 3 is 2.50 bits per heavy atom. The molecule has 0 saturated carbocycles. The van der Waals surface area contributed by atoms with Crippen molar-refractivity contribution >= 4 is 11.9 Å². The van der Waals surface area contributed by atoms with E-state index < -0.39 is 5.97 Å². The Labute approximate surface area is 108 Å². The second-order valence-corrected chi connectivity index (χ2v) is 4.96. The molecule has 18 heavy (non-hydrogen) atoms. The van der Waals surface area contributed by atoms with Gasteiger partial charge >= 0.3 is 5.97 Å². The first-order valence-electron chi connectivity index (χ1n) is 6.35. The number of hydrogen-bond acceptors (Lipinski definition) is 4. The molecule has 0 unspecified atom stereocenters. The third-order valence-electron chi connectivity index (χ3n) is 3.07. The Kier molecular flexibility index (Phi) is 6.07. The summed E-state index contributed by atoms with van der Waals surface area (Å²) >= 11 is 0. The quantitative estimate of drug-likeness (QED) is 0.723. The van der Waals surface area contributed by atoms with Crippen LogP contribution in [0, 0.1) is 0 Å². The van der Waals surface area contributed by atoms with Gasteiger partial charge in [-0.2, -0.15) is 0 Å². The first-order valence-corrected chi connectivity index (χ1v) is 6.35. The molecule has 0 aliphatic carbocycles. The van der Waals surface area contributed by atoms with Gasteiger partial charge in [0.05, 0.1) is 6.54 Å². The minimum atomic E-state index is -0.803. The number of carboxylic acid groups (broad SMARTS) is 1. The van der Waals surface area contributed by atoms with Gasteiger partial charge < -0.3 is 14.9 Å². The molecule has 0 bridgehead atoms. The summed E-state index contributed by atoms with van der Waals surface area (Å²) < 4.78 is 0. The Hall–Kier alpha value is -1.14. The molecule has 1 saturated heterocycles. The number of nitrogens with zero attached hydrogens (tertiary/aromatic N) is 3. The fraction of sp³-hybridized carbons (Fsp3) is 0.833. The minimum Gasteiger partial charge on any atom is -0.480 e. The zero-order valence-corrected chi connectivity index (χ0v) is 11.3. The molecule has 104 valence electrons. The molecule has 1 aliphatic rings. The van der Waals surface area contributed by atoms with E-state index in [1.165, 1.54) is 0 Å². The van der Waals surface area contributed by atoms with Crippen molar-refractivity contribution in [2.45, 2.75) is 12.8 Å². The zero-order valence-electron chi connectivity index (χ0n) is 11.3. The molecule has 0 aromatic rings. The van der Waals surface area contributed by atoms with Gasteiger partial charge in [0.25, 0.3) is 0 Å². The zero-order chi connectivity index (χ0) is 13.5. The second kappa shape index (κ2) is 7.33. The van der Waals surface area contributed by atoms with Gasteiger partial charge in [0, 0.05) is 39.1 Å². The van der Waals surface area contributed by atoms with Gasteiger partial charge in [0.1, 0.15) is 0 Å². The van der Waals surface area contributed by atoms with Gasteiger partial charge in [0.15, 0.2) is 0 Å². The first-order chi connectivity index (χ1) is 8.49. The SMILES string of the molecule is CN(C)CCC(=O)N1CCCN(CC(=O)O)CC1. The fourth-order valence-corrected chi connectivity index (χ4v) is 2.05. The maximum absolute atomic E-state index is 11.9. The smallest absolute Gasteiger partial charge is 0.317 e. The summed E-state index contributed by atoms with van der Waals surface area (Å²) in [6.45, 7) is 3.61. The van der Waals surface area contributed by atoms with Crippen molar-refractivity contribution in [1.82, 2.24) is 14.7 Å². The van der Waals surface area contributed by atoms with Crippen LogP contribution in [0.15, 0.2) is 0 Å². The maximum atomic E-state index is 11.9. The molecule has 1 amide bonds. The molecule has 1 aliphatic heterocycles. The average Bonchev–Trinajstić information content (AvgIpc) is 2.50. The topological polar surface area (TPSA) is 64.1 Å². The lowest BCUT2D eigenvalue weighted by molar-refractivity contribution is -0.138. The van der Waals surface area contributed by atoms with Crippen LogP contribution >= 0.6 is 0 Å².